The largest absolute Gasteiger partial charge is 0.508 e. The van der Waals surface area contributed by atoms with Crippen LogP contribution in [0.1, 0.15) is 43.4 Å². The Hall–Kier alpha value is -3.17. The maximum absolute atomic E-state index is 13.7. The lowest BCUT2D eigenvalue weighted by Crippen LogP contribution is -2.65. The van der Waals surface area contributed by atoms with E-state index in [0.717, 1.165) is 30.4 Å². The number of amides is 1. The molecule has 9 nitrogen and oxygen atoms in total. The van der Waals surface area contributed by atoms with Crippen molar-refractivity contribution >= 4 is 23.2 Å². The van der Waals surface area contributed by atoms with Gasteiger partial charge in [0.2, 0.25) is 5.78 Å². The molecule has 2 saturated carbocycles. The number of carbonyl (C=O) groups is 3. The van der Waals surface area contributed by atoms with Crippen molar-refractivity contribution in [2.75, 3.05) is 14.1 Å². The van der Waals surface area contributed by atoms with Crippen molar-refractivity contribution in [3.05, 3.63) is 45.7 Å². The second kappa shape index (κ2) is 8.20. The molecule has 0 spiro atoms. The zero-order chi connectivity index (χ0) is 24.7. The Morgan fingerprint density at radius 3 is 2.40 bits per heavy atom. The summed E-state index contributed by atoms with van der Waals surface area (Å²) in [7, 11) is 3.17. The number of hydrogen-bond donors (Lipinski definition) is 5. The van der Waals surface area contributed by atoms with Gasteiger partial charge in [-0.2, -0.15) is 0 Å². The first-order valence-corrected chi connectivity index (χ1v) is 11.5. The minimum Gasteiger partial charge on any atom is -0.508 e. The molecule has 4 aliphatic rings. The molecule has 9 heteroatoms. The monoisotopic (exact) mass is 484 g/mol. The van der Waals surface area contributed by atoms with Crippen molar-refractivity contribution in [2.45, 2.75) is 51.2 Å². The van der Waals surface area contributed by atoms with Gasteiger partial charge in [0, 0.05) is 11.5 Å². The second-order valence-electron chi connectivity index (χ2n) is 10.2. The third-order valence-corrected chi connectivity index (χ3v) is 7.91. The Morgan fingerprint density at radius 1 is 1.17 bits per heavy atom. The van der Waals surface area contributed by atoms with E-state index < -0.39 is 58.0 Å². The summed E-state index contributed by atoms with van der Waals surface area (Å²) in [4.78, 5) is 40.3. The highest BCUT2D eigenvalue weighted by atomic mass is 16.3. The van der Waals surface area contributed by atoms with Crippen LogP contribution in [0.15, 0.2) is 29.0 Å². The standard InChI is InChI=1S/C25H28N2O7.CH4/c1-27(2)19-14-9-12-8-13-11(7-10-3-4-10)5-6-15(28)17(13)20(29)16(12)22(31)25(14,34)23(32)18(21(19)30)24(26)33;/h5-6,10,12,14,19,28-29,32,34H,3-4,7-9H2,1-2H3,(H2,26,33);1H4/t12-,14-,19-,25-;/m0./s1. The molecule has 0 bridgehead atoms. The third-order valence-electron chi connectivity index (χ3n) is 7.91. The molecule has 0 heterocycles. The topological polar surface area (TPSA) is 161 Å². The summed E-state index contributed by atoms with van der Waals surface area (Å²) < 4.78 is 0. The lowest BCUT2D eigenvalue weighted by Gasteiger charge is -2.50. The van der Waals surface area contributed by atoms with Crippen LogP contribution in [0.5, 0.6) is 5.75 Å². The maximum Gasteiger partial charge on any atom is 0.255 e. The number of likely N-dealkylation sites (N-methyl/N-ethyl adjacent to an activating group) is 1. The lowest BCUT2D eigenvalue weighted by molar-refractivity contribution is -0.153. The van der Waals surface area contributed by atoms with Crippen molar-refractivity contribution in [3.8, 4) is 5.75 Å². The number of carbonyl (C=O) groups excluding carboxylic acids is 3. The number of phenolic OH excluding ortho intramolecular Hbond substituents is 1. The second-order valence-corrected chi connectivity index (χ2v) is 10.2. The summed E-state index contributed by atoms with van der Waals surface area (Å²) in [6.07, 6.45) is 3.50. The van der Waals surface area contributed by atoms with Crippen LogP contribution >= 0.6 is 0 Å². The van der Waals surface area contributed by atoms with E-state index in [-0.39, 0.29) is 30.7 Å². The van der Waals surface area contributed by atoms with Gasteiger partial charge in [-0.05, 0) is 75.2 Å². The van der Waals surface area contributed by atoms with Gasteiger partial charge in [-0.25, -0.2) is 0 Å². The molecule has 0 radical (unpaired) electrons. The predicted octanol–water partition coefficient (Wildman–Crippen LogP) is 1.55. The summed E-state index contributed by atoms with van der Waals surface area (Å²) >= 11 is 0. The van der Waals surface area contributed by atoms with Crippen LogP contribution in [0.2, 0.25) is 0 Å². The molecule has 0 saturated heterocycles. The fourth-order valence-corrected chi connectivity index (χ4v) is 6.13. The van der Waals surface area contributed by atoms with Gasteiger partial charge < -0.3 is 26.2 Å². The number of benzene rings is 1. The molecule has 35 heavy (non-hydrogen) atoms. The molecular weight excluding hydrogens is 452 g/mol. The van der Waals surface area contributed by atoms with E-state index in [1.165, 1.54) is 11.0 Å². The summed E-state index contributed by atoms with van der Waals surface area (Å²) in [5, 5.41) is 44.2. The van der Waals surface area contributed by atoms with E-state index >= 15 is 0 Å². The minimum absolute atomic E-state index is 0. The fraction of sp³-hybridized carbons (Fsp3) is 0.500. The lowest BCUT2D eigenvalue weighted by atomic mass is 9.57. The van der Waals surface area contributed by atoms with E-state index in [4.69, 9.17) is 5.73 Å². The molecular formula is C26H32N2O7. The van der Waals surface area contributed by atoms with Crippen LogP contribution in [0, 0.1) is 17.8 Å². The van der Waals surface area contributed by atoms with Gasteiger partial charge >= 0.3 is 0 Å². The van der Waals surface area contributed by atoms with Crippen LogP contribution in [0.3, 0.4) is 0 Å². The minimum atomic E-state index is -2.61. The number of nitrogens with zero attached hydrogens (tertiary/aromatic N) is 1. The third kappa shape index (κ3) is 3.40. The average molecular weight is 485 g/mol. The number of rotatable bonds is 4. The van der Waals surface area contributed by atoms with Gasteiger partial charge in [0.25, 0.3) is 5.91 Å². The Balaban J connectivity index is 0.00000289. The number of nitrogens with two attached hydrogens (primary N) is 1. The van der Waals surface area contributed by atoms with Crippen LogP contribution in [0.25, 0.3) is 5.76 Å². The van der Waals surface area contributed by atoms with E-state index in [2.05, 4.69) is 0 Å². The first kappa shape index (κ1) is 24.9. The van der Waals surface area contributed by atoms with E-state index in [1.807, 2.05) is 6.07 Å². The zero-order valence-electron chi connectivity index (χ0n) is 19.0. The molecule has 0 aromatic heterocycles. The van der Waals surface area contributed by atoms with Crippen molar-refractivity contribution < 1.29 is 34.8 Å². The molecule has 1 aromatic rings. The first-order chi connectivity index (χ1) is 16.0. The summed E-state index contributed by atoms with van der Waals surface area (Å²) in [5.74, 6) is -5.71. The Bertz CT molecular complexity index is 1210. The van der Waals surface area contributed by atoms with Crippen LogP contribution in [0.4, 0.5) is 0 Å². The number of primary amides is 1. The van der Waals surface area contributed by atoms with Gasteiger partial charge in [-0.1, -0.05) is 13.5 Å². The quantitative estimate of drug-likeness (QED) is 0.402. The number of Topliss-reactive ketones (excluding diaryl/α,β-unsaturated/α-hetero) is 2. The number of ketones is 2. The summed E-state index contributed by atoms with van der Waals surface area (Å²) in [6, 6.07) is 2.25. The van der Waals surface area contributed by atoms with E-state index in [1.54, 1.807) is 14.1 Å². The maximum atomic E-state index is 13.7. The number of phenols is 1. The molecule has 0 unspecified atom stereocenters. The fourth-order valence-electron chi connectivity index (χ4n) is 6.13. The van der Waals surface area contributed by atoms with Gasteiger partial charge in [0.15, 0.2) is 11.4 Å². The van der Waals surface area contributed by atoms with E-state index in [9.17, 15) is 34.8 Å². The first-order valence-electron chi connectivity index (χ1n) is 11.5. The molecule has 4 atom stereocenters. The molecule has 188 valence electrons. The van der Waals surface area contributed by atoms with Gasteiger partial charge in [0.1, 0.15) is 22.8 Å². The SMILES string of the molecule is C.CN(C)[C@@H]1C(=O)C(C(N)=O)=C(O)[C@@]2(O)C(=O)C3=C(O)c4c(O)ccc(CC5CC5)c4C[C@H]3C[C@@H]12. The summed E-state index contributed by atoms with van der Waals surface area (Å²) in [5.41, 5.74) is 3.71. The Kier molecular flexibility index (Phi) is 5.84. The smallest absolute Gasteiger partial charge is 0.255 e. The predicted molar refractivity (Wildman–Crippen MR) is 127 cm³/mol. The zero-order valence-corrected chi connectivity index (χ0v) is 19.0. The molecule has 1 amide bonds. The van der Waals surface area contributed by atoms with Crippen molar-refractivity contribution in [1.82, 2.24) is 4.90 Å². The van der Waals surface area contributed by atoms with Gasteiger partial charge in [-0.15, -0.1) is 0 Å². The van der Waals surface area contributed by atoms with Crippen LogP contribution in [-0.4, -0.2) is 68.5 Å². The van der Waals surface area contributed by atoms with Crippen LogP contribution < -0.4 is 5.73 Å². The summed E-state index contributed by atoms with van der Waals surface area (Å²) in [6.45, 7) is 0. The molecule has 0 aliphatic heterocycles. The Labute approximate surface area is 203 Å². The highest BCUT2D eigenvalue weighted by molar-refractivity contribution is 6.24. The van der Waals surface area contributed by atoms with Crippen molar-refractivity contribution in [3.63, 3.8) is 0 Å². The van der Waals surface area contributed by atoms with E-state index in [0.29, 0.717) is 12.3 Å². The van der Waals surface area contributed by atoms with Crippen molar-refractivity contribution in [2.24, 2.45) is 23.5 Å². The number of aliphatic hydroxyl groups excluding tert-OH is 2. The number of aliphatic hydroxyl groups is 3. The van der Waals surface area contributed by atoms with Crippen molar-refractivity contribution in [1.29, 1.82) is 0 Å². The average Bonchev–Trinajstić information content (AvgIpc) is 3.56. The highest BCUT2D eigenvalue weighted by Gasteiger charge is 2.64. The number of aromatic hydroxyl groups is 1. The van der Waals surface area contributed by atoms with Crippen LogP contribution in [-0.2, 0) is 27.2 Å². The number of fused-ring (bicyclic) bond motifs is 3. The number of hydrogen-bond acceptors (Lipinski definition) is 8. The Morgan fingerprint density at radius 2 is 1.83 bits per heavy atom. The molecule has 2 fully saturated rings. The highest BCUT2D eigenvalue weighted by Crippen LogP contribution is 2.53. The normalized spacial score (nSPS) is 30.0. The molecule has 1 aromatic carbocycles. The molecule has 6 N–H and O–H groups in total. The van der Waals surface area contributed by atoms with Gasteiger partial charge in [-0.3, -0.25) is 19.3 Å². The van der Waals surface area contributed by atoms with Gasteiger partial charge in [0.05, 0.1) is 11.6 Å². The molecule has 5 rings (SSSR count). The molecule has 4 aliphatic carbocycles.